The van der Waals surface area contributed by atoms with Crippen LogP contribution in [-0.2, 0) is 9.53 Å². The molecule has 1 N–H and O–H groups in total. The Labute approximate surface area is 121 Å². The molecule has 1 aromatic carbocycles. The van der Waals surface area contributed by atoms with E-state index in [4.69, 9.17) is 4.74 Å². The number of carbonyl (C=O) groups excluding carboxylic acids is 1. The van der Waals surface area contributed by atoms with Gasteiger partial charge in [0.15, 0.2) is 0 Å². The number of ether oxygens (including phenoxy) is 1. The number of nitrogens with one attached hydrogen (secondary N) is 1. The zero-order valence-electron chi connectivity index (χ0n) is 12.5. The molecule has 3 atom stereocenters. The van der Waals surface area contributed by atoms with E-state index in [0.717, 1.165) is 25.7 Å². The van der Waals surface area contributed by atoms with Gasteiger partial charge in [0.05, 0.1) is 12.5 Å². The topological polar surface area (TPSA) is 38.3 Å². The molecule has 1 aliphatic rings. The fourth-order valence-electron chi connectivity index (χ4n) is 3.01. The fraction of sp³-hybridized carbons (Fsp3) is 0.588. The van der Waals surface area contributed by atoms with Crippen molar-refractivity contribution in [2.45, 2.75) is 51.6 Å². The van der Waals surface area contributed by atoms with Crippen molar-refractivity contribution in [1.29, 1.82) is 0 Å². The summed E-state index contributed by atoms with van der Waals surface area (Å²) in [6, 6.07) is 11.2. The largest absolute Gasteiger partial charge is 0.466 e. The number of hydrogen-bond acceptors (Lipinski definition) is 3. The second-order valence-electron chi connectivity index (χ2n) is 5.61. The van der Waals surface area contributed by atoms with E-state index in [1.165, 1.54) is 5.56 Å². The molecule has 1 aromatic rings. The molecule has 0 radical (unpaired) electrons. The number of rotatable bonds is 5. The molecule has 0 spiro atoms. The maximum Gasteiger partial charge on any atom is 0.308 e. The van der Waals surface area contributed by atoms with Gasteiger partial charge in [-0.25, -0.2) is 0 Å². The highest BCUT2D eigenvalue weighted by atomic mass is 16.5. The Hall–Kier alpha value is -1.35. The van der Waals surface area contributed by atoms with Gasteiger partial charge in [0, 0.05) is 12.1 Å². The van der Waals surface area contributed by atoms with Crippen LogP contribution >= 0.6 is 0 Å². The maximum absolute atomic E-state index is 11.8. The Bertz CT molecular complexity index is 418. The van der Waals surface area contributed by atoms with E-state index in [0.29, 0.717) is 18.7 Å². The zero-order valence-corrected chi connectivity index (χ0v) is 12.5. The molecule has 1 fully saturated rings. The van der Waals surface area contributed by atoms with Gasteiger partial charge in [0.25, 0.3) is 0 Å². The lowest BCUT2D eigenvalue weighted by atomic mass is 9.85. The lowest BCUT2D eigenvalue weighted by Crippen LogP contribution is -2.38. The lowest BCUT2D eigenvalue weighted by Gasteiger charge is -2.31. The summed E-state index contributed by atoms with van der Waals surface area (Å²) >= 11 is 0. The summed E-state index contributed by atoms with van der Waals surface area (Å²) in [5.74, 6) is 0.0514. The molecule has 0 aromatic heterocycles. The first-order valence-corrected chi connectivity index (χ1v) is 7.68. The zero-order chi connectivity index (χ0) is 14.4. The van der Waals surface area contributed by atoms with Crippen LogP contribution in [0.4, 0.5) is 0 Å². The summed E-state index contributed by atoms with van der Waals surface area (Å²) in [6.45, 7) is 4.53. The normalized spacial score (nSPS) is 24.1. The SMILES string of the molecule is CCOC(=O)C1CCCC(N[C@H](C)c2ccccc2)C1. The third-order valence-corrected chi connectivity index (χ3v) is 4.08. The Balaban J connectivity index is 1.88. The Kier molecular flexibility index (Phi) is 5.60. The van der Waals surface area contributed by atoms with Crippen molar-refractivity contribution in [3.63, 3.8) is 0 Å². The van der Waals surface area contributed by atoms with Crippen LogP contribution < -0.4 is 5.32 Å². The second-order valence-corrected chi connectivity index (χ2v) is 5.61. The van der Waals surface area contributed by atoms with Crippen molar-refractivity contribution in [1.82, 2.24) is 5.32 Å². The van der Waals surface area contributed by atoms with Gasteiger partial charge in [-0.1, -0.05) is 36.8 Å². The van der Waals surface area contributed by atoms with Gasteiger partial charge in [0.2, 0.25) is 0 Å². The molecular formula is C17H25NO2. The summed E-state index contributed by atoms with van der Waals surface area (Å²) in [6.07, 6.45) is 4.11. The molecule has 0 bridgehead atoms. The maximum atomic E-state index is 11.8. The molecule has 1 saturated carbocycles. The van der Waals surface area contributed by atoms with Gasteiger partial charge in [-0.2, -0.15) is 0 Å². The molecule has 0 saturated heterocycles. The molecule has 0 amide bonds. The highest BCUT2D eigenvalue weighted by molar-refractivity contribution is 5.72. The van der Waals surface area contributed by atoms with Crippen molar-refractivity contribution in [3.8, 4) is 0 Å². The summed E-state index contributed by atoms with van der Waals surface area (Å²) in [5, 5.41) is 3.65. The standard InChI is InChI=1S/C17H25NO2/c1-3-20-17(19)15-10-7-11-16(12-15)18-13(2)14-8-5-4-6-9-14/h4-6,8-9,13,15-16,18H,3,7,10-12H2,1-2H3/t13-,15?,16?/m1/s1. The lowest BCUT2D eigenvalue weighted by molar-refractivity contribution is -0.149. The number of esters is 1. The van der Waals surface area contributed by atoms with Gasteiger partial charge < -0.3 is 10.1 Å². The highest BCUT2D eigenvalue weighted by Gasteiger charge is 2.28. The van der Waals surface area contributed by atoms with Crippen molar-refractivity contribution in [2.24, 2.45) is 5.92 Å². The van der Waals surface area contributed by atoms with Gasteiger partial charge in [0.1, 0.15) is 0 Å². The van der Waals surface area contributed by atoms with E-state index in [1.54, 1.807) is 0 Å². The van der Waals surface area contributed by atoms with Gasteiger partial charge in [-0.3, -0.25) is 4.79 Å². The van der Waals surface area contributed by atoms with E-state index in [-0.39, 0.29) is 11.9 Å². The van der Waals surface area contributed by atoms with Crippen LogP contribution in [0.15, 0.2) is 30.3 Å². The molecule has 0 heterocycles. The summed E-state index contributed by atoms with van der Waals surface area (Å²) in [4.78, 5) is 11.8. The highest BCUT2D eigenvalue weighted by Crippen LogP contribution is 2.27. The summed E-state index contributed by atoms with van der Waals surface area (Å²) < 4.78 is 5.15. The van der Waals surface area contributed by atoms with Crippen molar-refractivity contribution >= 4 is 5.97 Å². The van der Waals surface area contributed by atoms with Crippen LogP contribution in [0.2, 0.25) is 0 Å². The minimum atomic E-state index is -0.0219. The molecule has 0 aliphatic heterocycles. The first kappa shape index (κ1) is 15.0. The smallest absolute Gasteiger partial charge is 0.308 e. The Morgan fingerprint density at radius 2 is 2.10 bits per heavy atom. The molecule has 20 heavy (non-hydrogen) atoms. The predicted molar refractivity (Wildman–Crippen MR) is 80.4 cm³/mol. The molecule has 3 nitrogen and oxygen atoms in total. The van der Waals surface area contributed by atoms with E-state index in [9.17, 15) is 4.79 Å². The van der Waals surface area contributed by atoms with Crippen LogP contribution in [0.1, 0.15) is 51.1 Å². The average molecular weight is 275 g/mol. The third-order valence-electron chi connectivity index (χ3n) is 4.08. The first-order chi connectivity index (χ1) is 9.70. The van der Waals surface area contributed by atoms with Crippen molar-refractivity contribution in [3.05, 3.63) is 35.9 Å². The summed E-state index contributed by atoms with van der Waals surface area (Å²) in [7, 11) is 0. The Morgan fingerprint density at radius 1 is 1.35 bits per heavy atom. The monoisotopic (exact) mass is 275 g/mol. The van der Waals surface area contributed by atoms with Crippen LogP contribution in [-0.4, -0.2) is 18.6 Å². The van der Waals surface area contributed by atoms with Gasteiger partial charge in [-0.15, -0.1) is 0 Å². The number of benzene rings is 1. The first-order valence-electron chi connectivity index (χ1n) is 7.68. The molecule has 2 unspecified atom stereocenters. The Morgan fingerprint density at radius 3 is 2.80 bits per heavy atom. The molecular weight excluding hydrogens is 250 g/mol. The van der Waals surface area contributed by atoms with E-state index < -0.39 is 0 Å². The quantitative estimate of drug-likeness (QED) is 0.836. The average Bonchev–Trinajstić information content (AvgIpc) is 2.48. The van der Waals surface area contributed by atoms with Crippen LogP contribution in [0.25, 0.3) is 0 Å². The van der Waals surface area contributed by atoms with Crippen molar-refractivity contribution < 1.29 is 9.53 Å². The van der Waals surface area contributed by atoms with E-state index >= 15 is 0 Å². The number of hydrogen-bond donors (Lipinski definition) is 1. The number of carbonyl (C=O) groups is 1. The third kappa shape index (κ3) is 4.07. The molecule has 110 valence electrons. The van der Waals surface area contributed by atoms with Crippen molar-refractivity contribution in [2.75, 3.05) is 6.61 Å². The van der Waals surface area contributed by atoms with E-state index in [1.807, 2.05) is 13.0 Å². The summed E-state index contributed by atoms with van der Waals surface area (Å²) in [5.41, 5.74) is 1.30. The van der Waals surface area contributed by atoms with Crippen LogP contribution in [0.3, 0.4) is 0 Å². The molecule has 1 aliphatic carbocycles. The minimum Gasteiger partial charge on any atom is -0.466 e. The van der Waals surface area contributed by atoms with Gasteiger partial charge in [-0.05, 0) is 38.7 Å². The molecule has 3 heteroatoms. The second kappa shape index (κ2) is 7.44. The predicted octanol–water partition coefficient (Wildman–Crippen LogP) is 3.46. The minimum absolute atomic E-state index is 0.0219. The molecule has 2 rings (SSSR count). The van der Waals surface area contributed by atoms with Gasteiger partial charge >= 0.3 is 5.97 Å². The van der Waals surface area contributed by atoms with E-state index in [2.05, 4.69) is 36.5 Å². The van der Waals surface area contributed by atoms with Crippen LogP contribution in [0.5, 0.6) is 0 Å². The van der Waals surface area contributed by atoms with Crippen LogP contribution in [0, 0.1) is 5.92 Å². The fourth-order valence-corrected chi connectivity index (χ4v) is 3.01.